The molecule has 0 atom stereocenters. The van der Waals surface area contributed by atoms with Gasteiger partial charge in [-0.3, -0.25) is 0 Å². The minimum Gasteiger partial charge on any atom is -0.481 e. The molecule has 0 amide bonds. The summed E-state index contributed by atoms with van der Waals surface area (Å²) in [7, 11) is 1.51. The highest BCUT2D eigenvalue weighted by Gasteiger charge is 2.11. The predicted octanol–water partition coefficient (Wildman–Crippen LogP) is 2.62. The van der Waals surface area contributed by atoms with Crippen LogP contribution in [0.3, 0.4) is 0 Å². The Morgan fingerprint density at radius 3 is 2.50 bits per heavy atom. The Morgan fingerprint density at radius 2 is 1.78 bits per heavy atom. The van der Waals surface area contributed by atoms with Crippen molar-refractivity contribution in [3.8, 4) is 11.8 Å². The summed E-state index contributed by atoms with van der Waals surface area (Å²) in [5, 5.41) is 0. The van der Waals surface area contributed by atoms with Crippen molar-refractivity contribution < 1.29 is 14.3 Å². The number of ether oxygens (including phenoxy) is 2. The van der Waals surface area contributed by atoms with E-state index in [-0.39, 0.29) is 5.88 Å². The number of methoxy groups -OCH3 is 1. The average Bonchev–Trinajstić information content (AvgIpc) is 2.39. The van der Waals surface area contributed by atoms with Gasteiger partial charge >= 0.3 is 5.97 Å². The lowest BCUT2D eigenvalue weighted by Gasteiger charge is -2.06. The molecule has 1 aromatic heterocycles. The number of hydrogen-bond donors (Lipinski definition) is 0. The fraction of sp³-hybridized carbons (Fsp3) is 0.143. The molecule has 0 saturated carbocycles. The summed E-state index contributed by atoms with van der Waals surface area (Å²) in [5.74, 6) is 0.210. The lowest BCUT2D eigenvalue weighted by atomic mass is 10.1. The van der Waals surface area contributed by atoms with E-state index in [0.29, 0.717) is 11.4 Å². The summed E-state index contributed by atoms with van der Waals surface area (Å²) in [4.78, 5) is 16.0. The summed E-state index contributed by atoms with van der Waals surface area (Å²) in [6.45, 7) is 1.86. The van der Waals surface area contributed by atoms with Crippen LogP contribution in [0.5, 0.6) is 11.8 Å². The summed E-state index contributed by atoms with van der Waals surface area (Å²) < 4.78 is 10.2. The molecule has 1 heterocycles. The summed E-state index contributed by atoms with van der Waals surface area (Å²) >= 11 is 0. The molecule has 18 heavy (non-hydrogen) atoms. The highest BCUT2D eigenvalue weighted by atomic mass is 16.5. The fourth-order valence-corrected chi connectivity index (χ4v) is 1.52. The molecule has 0 aliphatic carbocycles. The number of carbonyl (C=O) groups excluding carboxylic acids is 1. The van der Waals surface area contributed by atoms with Gasteiger partial charge in [-0.25, -0.2) is 4.79 Å². The molecule has 4 nitrogen and oxygen atoms in total. The molecule has 2 aromatic rings. The highest BCUT2D eigenvalue weighted by Crippen LogP contribution is 2.15. The van der Waals surface area contributed by atoms with Crippen molar-refractivity contribution in [1.29, 1.82) is 0 Å². The maximum Gasteiger partial charge on any atom is 0.345 e. The minimum absolute atomic E-state index is 0.225. The van der Waals surface area contributed by atoms with Crippen LogP contribution in [0.25, 0.3) is 0 Å². The van der Waals surface area contributed by atoms with Crippen molar-refractivity contribution in [2.45, 2.75) is 6.92 Å². The van der Waals surface area contributed by atoms with Gasteiger partial charge in [0.2, 0.25) is 11.8 Å². The molecule has 1 aromatic carbocycles. The zero-order valence-electron chi connectivity index (χ0n) is 10.2. The fourth-order valence-electron chi connectivity index (χ4n) is 1.52. The Kier molecular flexibility index (Phi) is 3.57. The Labute approximate surface area is 105 Å². The number of esters is 1. The van der Waals surface area contributed by atoms with Gasteiger partial charge < -0.3 is 9.47 Å². The van der Waals surface area contributed by atoms with Gasteiger partial charge in [-0.1, -0.05) is 24.3 Å². The van der Waals surface area contributed by atoms with Gasteiger partial charge in [0.1, 0.15) is 0 Å². The molecule has 0 unspecified atom stereocenters. The Bertz CT molecular complexity index is 566. The monoisotopic (exact) mass is 243 g/mol. The second-order valence-corrected chi connectivity index (χ2v) is 3.72. The first kappa shape index (κ1) is 12.1. The molecule has 0 aliphatic rings. The van der Waals surface area contributed by atoms with Gasteiger partial charge in [0, 0.05) is 12.1 Å². The number of nitrogens with zero attached hydrogens (tertiary/aromatic N) is 1. The normalized spacial score (nSPS) is 9.89. The Hall–Kier alpha value is -2.36. The van der Waals surface area contributed by atoms with Gasteiger partial charge in [-0.05, 0) is 18.6 Å². The van der Waals surface area contributed by atoms with Crippen LogP contribution in [0, 0.1) is 6.92 Å². The Balaban J connectivity index is 2.19. The first-order valence-corrected chi connectivity index (χ1v) is 5.49. The zero-order chi connectivity index (χ0) is 13.0. The highest BCUT2D eigenvalue weighted by molar-refractivity contribution is 5.92. The van der Waals surface area contributed by atoms with E-state index in [1.165, 1.54) is 7.11 Å². The van der Waals surface area contributed by atoms with E-state index in [2.05, 4.69) is 4.98 Å². The number of aryl methyl sites for hydroxylation is 1. The quantitative estimate of drug-likeness (QED) is 0.777. The second-order valence-electron chi connectivity index (χ2n) is 3.72. The van der Waals surface area contributed by atoms with Crippen molar-refractivity contribution >= 4 is 5.97 Å². The van der Waals surface area contributed by atoms with E-state index in [1.807, 2.05) is 19.1 Å². The van der Waals surface area contributed by atoms with Gasteiger partial charge in [0.15, 0.2) is 0 Å². The molecule has 0 spiro atoms. The van der Waals surface area contributed by atoms with Crippen LogP contribution >= 0.6 is 0 Å². The largest absolute Gasteiger partial charge is 0.481 e. The van der Waals surface area contributed by atoms with E-state index in [9.17, 15) is 4.79 Å². The van der Waals surface area contributed by atoms with E-state index >= 15 is 0 Å². The molecule has 92 valence electrons. The number of aromatic nitrogens is 1. The van der Waals surface area contributed by atoms with Crippen LogP contribution in [0.2, 0.25) is 0 Å². The molecular weight excluding hydrogens is 230 g/mol. The molecule has 0 saturated heterocycles. The van der Waals surface area contributed by atoms with Crippen LogP contribution in [0.1, 0.15) is 15.9 Å². The first-order valence-electron chi connectivity index (χ1n) is 5.49. The van der Waals surface area contributed by atoms with Crippen LogP contribution in [-0.2, 0) is 0 Å². The number of hydrogen-bond acceptors (Lipinski definition) is 4. The van der Waals surface area contributed by atoms with Gasteiger partial charge in [-0.15, -0.1) is 0 Å². The van der Waals surface area contributed by atoms with Crippen molar-refractivity contribution in [3.63, 3.8) is 0 Å². The van der Waals surface area contributed by atoms with Gasteiger partial charge in [0.25, 0.3) is 0 Å². The molecule has 0 N–H and O–H groups in total. The van der Waals surface area contributed by atoms with Crippen LogP contribution in [-0.4, -0.2) is 18.1 Å². The standard InChI is InChI=1S/C14H13NO3/c1-10-6-3-4-7-11(10)14(16)18-13-9-5-8-12(15-13)17-2/h3-9H,1-2H3. The molecule has 0 bridgehead atoms. The van der Waals surface area contributed by atoms with E-state index in [0.717, 1.165) is 5.56 Å². The smallest absolute Gasteiger partial charge is 0.345 e. The van der Waals surface area contributed by atoms with Crippen LogP contribution < -0.4 is 9.47 Å². The summed E-state index contributed by atoms with van der Waals surface area (Å²) in [5.41, 5.74) is 1.40. The van der Waals surface area contributed by atoms with Crippen molar-refractivity contribution in [2.24, 2.45) is 0 Å². The molecular formula is C14H13NO3. The maximum atomic E-state index is 11.9. The van der Waals surface area contributed by atoms with E-state index in [4.69, 9.17) is 9.47 Å². The molecule has 0 fully saturated rings. The van der Waals surface area contributed by atoms with Crippen LogP contribution in [0.4, 0.5) is 0 Å². The number of rotatable bonds is 3. The molecule has 0 radical (unpaired) electrons. The molecule has 0 aliphatic heterocycles. The topological polar surface area (TPSA) is 48.4 Å². The number of benzene rings is 1. The van der Waals surface area contributed by atoms with Crippen LogP contribution in [0.15, 0.2) is 42.5 Å². The van der Waals surface area contributed by atoms with E-state index in [1.54, 1.807) is 30.3 Å². The third-order valence-electron chi connectivity index (χ3n) is 2.47. The van der Waals surface area contributed by atoms with Crippen molar-refractivity contribution in [1.82, 2.24) is 4.98 Å². The van der Waals surface area contributed by atoms with Crippen molar-refractivity contribution in [3.05, 3.63) is 53.6 Å². The summed E-state index contributed by atoms with van der Waals surface area (Å²) in [6.07, 6.45) is 0. The SMILES string of the molecule is COc1cccc(OC(=O)c2ccccc2C)n1. The van der Waals surface area contributed by atoms with Gasteiger partial charge in [-0.2, -0.15) is 4.98 Å². The minimum atomic E-state index is -0.422. The molecule has 4 heteroatoms. The average molecular weight is 243 g/mol. The second kappa shape index (κ2) is 5.31. The maximum absolute atomic E-state index is 11.9. The molecule has 2 rings (SSSR count). The zero-order valence-corrected chi connectivity index (χ0v) is 10.2. The first-order chi connectivity index (χ1) is 8.70. The summed E-state index contributed by atoms with van der Waals surface area (Å²) in [6, 6.07) is 12.3. The number of carbonyl (C=O) groups is 1. The number of pyridine rings is 1. The lowest BCUT2D eigenvalue weighted by Crippen LogP contribution is -2.11. The van der Waals surface area contributed by atoms with Gasteiger partial charge in [0.05, 0.1) is 12.7 Å². The Morgan fingerprint density at radius 1 is 1.06 bits per heavy atom. The lowest BCUT2D eigenvalue weighted by molar-refractivity contribution is 0.0726. The van der Waals surface area contributed by atoms with Crippen molar-refractivity contribution in [2.75, 3.05) is 7.11 Å². The van der Waals surface area contributed by atoms with E-state index < -0.39 is 5.97 Å². The third kappa shape index (κ3) is 2.66. The predicted molar refractivity (Wildman–Crippen MR) is 66.9 cm³/mol. The third-order valence-corrected chi connectivity index (χ3v) is 2.47.